The summed E-state index contributed by atoms with van der Waals surface area (Å²) in [7, 11) is -3.81. The monoisotopic (exact) mass is 533 g/mol. The van der Waals surface area contributed by atoms with E-state index in [1.807, 2.05) is 26.0 Å². The molecule has 0 bridgehead atoms. The van der Waals surface area contributed by atoms with Crippen LogP contribution in [0.3, 0.4) is 0 Å². The van der Waals surface area contributed by atoms with E-state index in [1.54, 1.807) is 29.2 Å². The first kappa shape index (κ1) is 24.6. The predicted octanol–water partition coefficient (Wildman–Crippen LogP) is 4.93. The van der Waals surface area contributed by atoms with Crippen LogP contribution in [0.5, 0.6) is 0 Å². The number of ether oxygens (including phenoxy) is 1. The van der Waals surface area contributed by atoms with Crippen LogP contribution in [-0.4, -0.2) is 55.5 Å². The quantitative estimate of drug-likeness (QED) is 0.449. The van der Waals surface area contributed by atoms with Gasteiger partial charge in [0.1, 0.15) is 6.04 Å². The Bertz CT molecular complexity index is 1350. The number of fused-ring (bicyclic) bond motifs is 1. The van der Waals surface area contributed by atoms with Gasteiger partial charge in [0.25, 0.3) is 0 Å². The molecule has 3 aromatic rings. The Labute approximate surface area is 214 Å². The maximum absolute atomic E-state index is 14.0. The molecule has 0 spiro atoms. The van der Waals surface area contributed by atoms with Crippen molar-refractivity contribution in [2.45, 2.75) is 56.6 Å². The van der Waals surface area contributed by atoms with Gasteiger partial charge in [0.15, 0.2) is 5.13 Å². The lowest BCUT2D eigenvalue weighted by molar-refractivity contribution is -0.122. The lowest BCUT2D eigenvalue weighted by atomic mass is 10.2. The van der Waals surface area contributed by atoms with Gasteiger partial charge < -0.3 is 4.74 Å². The molecule has 35 heavy (non-hydrogen) atoms. The Morgan fingerprint density at radius 2 is 1.94 bits per heavy atom. The van der Waals surface area contributed by atoms with E-state index in [1.165, 1.54) is 15.6 Å². The van der Waals surface area contributed by atoms with Gasteiger partial charge in [0, 0.05) is 18.2 Å². The lowest BCUT2D eigenvalue weighted by Gasteiger charge is -2.29. The normalized spacial score (nSPS) is 21.1. The Morgan fingerprint density at radius 3 is 2.66 bits per heavy atom. The molecule has 2 aromatic carbocycles. The molecule has 2 aliphatic heterocycles. The second-order valence-corrected chi connectivity index (χ2v) is 12.5. The van der Waals surface area contributed by atoms with Crippen molar-refractivity contribution in [3.8, 4) is 0 Å². The molecule has 0 aliphatic carbocycles. The van der Waals surface area contributed by atoms with Crippen LogP contribution in [0, 0.1) is 13.8 Å². The molecule has 0 radical (unpaired) electrons. The number of carbonyl (C=O) groups excluding carboxylic acids is 1. The van der Waals surface area contributed by atoms with E-state index in [0.29, 0.717) is 42.7 Å². The predicted molar refractivity (Wildman–Crippen MR) is 139 cm³/mol. The Kier molecular flexibility index (Phi) is 6.89. The number of thiazole rings is 1. The number of hydrogen-bond acceptors (Lipinski definition) is 6. The number of nitrogens with zero attached hydrogens (tertiary/aromatic N) is 3. The van der Waals surface area contributed by atoms with E-state index in [9.17, 15) is 13.2 Å². The molecule has 5 rings (SSSR count). The molecule has 3 heterocycles. The van der Waals surface area contributed by atoms with Crippen molar-refractivity contribution in [3.63, 3.8) is 0 Å². The zero-order chi connectivity index (χ0) is 24.7. The van der Waals surface area contributed by atoms with E-state index in [2.05, 4.69) is 0 Å². The van der Waals surface area contributed by atoms with E-state index < -0.39 is 16.1 Å². The number of hydrogen-bond donors (Lipinski definition) is 0. The third-order valence-electron chi connectivity index (χ3n) is 6.76. The molecule has 1 aromatic heterocycles. The fourth-order valence-corrected chi connectivity index (χ4v) is 7.60. The van der Waals surface area contributed by atoms with E-state index >= 15 is 0 Å². The number of benzene rings is 2. The third kappa shape index (κ3) is 4.72. The lowest BCUT2D eigenvalue weighted by Crippen LogP contribution is -2.49. The molecule has 2 saturated heterocycles. The maximum Gasteiger partial charge on any atom is 0.247 e. The fraction of sp³-hybridized carbons (Fsp3) is 0.440. The molecule has 2 unspecified atom stereocenters. The number of carbonyl (C=O) groups is 1. The zero-order valence-electron chi connectivity index (χ0n) is 19.7. The second kappa shape index (κ2) is 9.78. The minimum absolute atomic E-state index is 0.0980. The Balaban J connectivity index is 1.50. The van der Waals surface area contributed by atoms with Crippen LogP contribution in [0.25, 0.3) is 10.2 Å². The molecule has 2 fully saturated rings. The second-order valence-electron chi connectivity index (χ2n) is 9.19. The summed E-state index contributed by atoms with van der Waals surface area (Å²) in [5.41, 5.74) is 2.60. The summed E-state index contributed by atoms with van der Waals surface area (Å²) in [5.74, 6) is -0.253. The van der Waals surface area contributed by atoms with E-state index in [0.717, 1.165) is 34.2 Å². The number of amides is 1. The van der Waals surface area contributed by atoms with Gasteiger partial charge in [0.05, 0.1) is 27.8 Å². The van der Waals surface area contributed by atoms with Crippen molar-refractivity contribution < 1.29 is 17.9 Å². The van der Waals surface area contributed by atoms with Crippen LogP contribution < -0.4 is 4.90 Å². The van der Waals surface area contributed by atoms with Crippen molar-refractivity contribution in [2.75, 3.05) is 24.6 Å². The molecule has 1 amide bonds. The minimum Gasteiger partial charge on any atom is -0.376 e. The molecule has 0 saturated carbocycles. The molecular formula is C25H28ClN3O4S2. The topological polar surface area (TPSA) is 79.8 Å². The highest BCUT2D eigenvalue weighted by Gasteiger charge is 2.42. The summed E-state index contributed by atoms with van der Waals surface area (Å²) < 4.78 is 35.1. The van der Waals surface area contributed by atoms with Crippen LogP contribution in [0.1, 0.15) is 36.8 Å². The SMILES string of the molecule is Cc1ccc(S(=O)(=O)N2CCCC2C(=O)N(CC2CCCO2)c2nc3c(C)c(Cl)ccc3s2)cc1. The molecule has 2 atom stereocenters. The average Bonchev–Trinajstić information content (AvgIpc) is 3.60. The standard InChI is InChI=1S/C25H28ClN3O4S2/c1-16-7-9-19(10-8-16)35(31,32)29-13-3-6-21(29)24(30)28(15-18-5-4-14-33-18)25-27-23-17(2)20(26)11-12-22(23)34-25/h7-12,18,21H,3-6,13-15H2,1-2H3. The summed E-state index contributed by atoms with van der Waals surface area (Å²) in [6, 6.07) is 9.73. The molecular weight excluding hydrogens is 506 g/mol. The zero-order valence-corrected chi connectivity index (χ0v) is 22.1. The number of aromatic nitrogens is 1. The van der Waals surface area contributed by atoms with Crippen LogP contribution in [0.2, 0.25) is 5.02 Å². The van der Waals surface area contributed by atoms with Gasteiger partial charge in [-0.2, -0.15) is 4.31 Å². The van der Waals surface area contributed by atoms with Gasteiger partial charge in [-0.15, -0.1) is 0 Å². The van der Waals surface area contributed by atoms with Crippen LogP contribution in [0.15, 0.2) is 41.3 Å². The van der Waals surface area contributed by atoms with Gasteiger partial charge in [-0.25, -0.2) is 13.4 Å². The first-order valence-corrected chi connectivity index (χ1v) is 14.5. The van der Waals surface area contributed by atoms with Gasteiger partial charge in [-0.1, -0.05) is 40.6 Å². The van der Waals surface area contributed by atoms with Gasteiger partial charge in [-0.05, 0) is 69.4 Å². The first-order chi connectivity index (χ1) is 16.8. The number of anilines is 1. The van der Waals surface area contributed by atoms with Gasteiger partial charge in [-0.3, -0.25) is 9.69 Å². The van der Waals surface area contributed by atoms with Crippen molar-refractivity contribution in [1.29, 1.82) is 0 Å². The molecule has 186 valence electrons. The number of rotatable bonds is 6. The van der Waals surface area contributed by atoms with Crippen LogP contribution >= 0.6 is 22.9 Å². The summed E-state index contributed by atoms with van der Waals surface area (Å²) in [5, 5.41) is 1.17. The average molecular weight is 534 g/mol. The third-order valence-corrected chi connectivity index (χ3v) is 10.1. The molecule has 0 N–H and O–H groups in total. The Hall–Kier alpha value is -2.04. The number of sulfonamides is 1. The van der Waals surface area contributed by atoms with Crippen molar-refractivity contribution >= 4 is 54.2 Å². The van der Waals surface area contributed by atoms with E-state index in [4.69, 9.17) is 21.3 Å². The van der Waals surface area contributed by atoms with Crippen LogP contribution in [0.4, 0.5) is 5.13 Å². The highest BCUT2D eigenvalue weighted by atomic mass is 35.5. The Morgan fingerprint density at radius 1 is 1.17 bits per heavy atom. The van der Waals surface area contributed by atoms with Crippen molar-refractivity contribution in [1.82, 2.24) is 9.29 Å². The van der Waals surface area contributed by atoms with Crippen molar-refractivity contribution in [3.05, 3.63) is 52.5 Å². The largest absolute Gasteiger partial charge is 0.376 e. The highest BCUT2D eigenvalue weighted by Crippen LogP contribution is 2.36. The van der Waals surface area contributed by atoms with E-state index in [-0.39, 0.29) is 16.9 Å². The maximum atomic E-state index is 14.0. The fourth-order valence-electron chi connectivity index (χ4n) is 4.76. The summed E-state index contributed by atoms with van der Waals surface area (Å²) in [6.07, 6.45) is 2.80. The minimum atomic E-state index is -3.81. The van der Waals surface area contributed by atoms with Gasteiger partial charge in [0.2, 0.25) is 15.9 Å². The summed E-state index contributed by atoms with van der Waals surface area (Å²) >= 11 is 7.73. The first-order valence-electron chi connectivity index (χ1n) is 11.8. The van der Waals surface area contributed by atoms with Crippen molar-refractivity contribution in [2.24, 2.45) is 0 Å². The van der Waals surface area contributed by atoms with Gasteiger partial charge >= 0.3 is 0 Å². The summed E-state index contributed by atoms with van der Waals surface area (Å²) in [6.45, 7) is 5.15. The number of aryl methyl sites for hydroxylation is 2. The molecule has 2 aliphatic rings. The number of halogens is 1. The smallest absolute Gasteiger partial charge is 0.247 e. The summed E-state index contributed by atoms with van der Waals surface area (Å²) in [4.78, 5) is 20.6. The molecule has 10 heteroatoms. The molecule has 7 nitrogen and oxygen atoms in total. The van der Waals surface area contributed by atoms with Crippen LogP contribution in [-0.2, 0) is 19.6 Å². The highest BCUT2D eigenvalue weighted by molar-refractivity contribution is 7.89.